The number of Topliss-reactive ketones (excluding diaryl/α,β-unsaturated/α-hetero) is 1. The van der Waals surface area contributed by atoms with Crippen LogP contribution in [0.3, 0.4) is 0 Å². The van der Waals surface area contributed by atoms with Gasteiger partial charge in [-0.1, -0.05) is 81.0 Å². The van der Waals surface area contributed by atoms with Crippen molar-refractivity contribution >= 4 is 5.78 Å². The molecule has 0 aromatic heterocycles. The average Bonchev–Trinajstić information content (AvgIpc) is 2.57. The Kier molecular flexibility index (Phi) is 22.3. The predicted octanol–water partition coefficient (Wildman–Crippen LogP) is 4.68. The molecule has 0 aliphatic heterocycles. The summed E-state index contributed by atoms with van der Waals surface area (Å²) in [5.41, 5.74) is 0. The molecule has 0 spiro atoms. The molecule has 2 N–H and O–H groups in total. The molecule has 0 unspecified atom stereocenters. The zero-order valence-corrected chi connectivity index (χ0v) is 26.0. The molecule has 149 valence electrons. The fraction of sp³-hybridized carbons (Fsp3) is 0.500. The fourth-order valence-corrected chi connectivity index (χ4v) is 1.93. The van der Waals surface area contributed by atoms with E-state index in [1.54, 1.807) is 31.2 Å². The minimum Gasteiger partial charge on any atom is -0.389 e. The molecule has 0 aliphatic carbocycles. The van der Waals surface area contributed by atoms with Gasteiger partial charge in [0.25, 0.3) is 0 Å². The summed E-state index contributed by atoms with van der Waals surface area (Å²) in [5.74, 6) is 0.737. The normalized spacial score (nSPS) is 15.4. The summed E-state index contributed by atoms with van der Waals surface area (Å²) in [6, 6.07) is 0. The minimum absolute atomic E-state index is 0. The van der Waals surface area contributed by atoms with Crippen LogP contribution in [0.5, 0.6) is 0 Å². The molecular formula is C22H34O3ReRf. The maximum Gasteiger partial charge on any atom is 0.129 e. The van der Waals surface area contributed by atoms with E-state index in [-0.39, 0.29) is 26.2 Å². The molecule has 27 heavy (non-hydrogen) atoms. The van der Waals surface area contributed by atoms with Crippen LogP contribution in [0.1, 0.15) is 52.9 Å². The van der Waals surface area contributed by atoms with E-state index in [2.05, 4.69) is 19.9 Å². The summed E-state index contributed by atoms with van der Waals surface area (Å²) in [6.07, 6.45) is 21.2. The summed E-state index contributed by atoms with van der Waals surface area (Å²) in [7, 11) is 0. The van der Waals surface area contributed by atoms with Gasteiger partial charge in [0.15, 0.2) is 0 Å². The Morgan fingerprint density at radius 2 is 1.48 bits per heavy atom. The van der Waals surface area contributed by atoms with Gasteiger partial charge < -0.3 is 15.0 Å². The van der Waals surface area contributed by atoms with Gasteiger partial charge in [-0.05, 0) is 32.1 Å². The zero-order chi connectivity index (χ0) is 18.9. The predicted molar refractivity (Wildman–Crippen MR) is 106 cm³/mol. The smallest absolute Gasteiger partial charge is 0.129 e. The SMILES string of the molecule is CC[C@@H](C)/C=C/C=C\C[C@@H](O)/C=C/C=C/C=C\[C@@H](O)CCCC(C)=O.[Re].[Rf]. The van der Waals surface area contributed by atoms with E-state index >= 15 is 0 Å². The van der Waals surface area contributed by atoms with Crippen molar-refractivity contribution in [1.82, 2.24) is 0 Å². The third kappa shape index (κ3) is 21.9. The Morgan fingerprint density at radius 3 is 2.04 bits per heavy atom. The maximum absolute atomic E-state index is 10.8. The van der Waals surface area contributed by atoms with E-state index in [0.29, 0.717) is 31.6 Å². The van der Waals surface area contributed by atoms with Gasteiger partial charge >= 0.3 is 0 Å². The first-order valence-electron chi connectivity index (χ1n) is 9.16. The topological polar surface area (TPSA) is 57.5 Å². The number of rotatable bonds is 13. The Morgan fingerprint density at radius 1 is 0.926 bits per heavy atom. The molecule has 0 aromatic rings. The summed E-state index contributed by atoms with van der Waals surface area (Å²) in [4.78, 5) is 10.8. The number of ketones is 1. The molecule has 0 amide bonds. The van der Waals surface area contributed by atoms with Crippen LogP contribution in [-0.2, 0) is 25.2 Å². The Bertz CT molecular complexity index is 496. The van der Waals surface area contributed by atoms with E-state index in [0.717, 1.165) is 6.42 Å². The van der Waals surface area contributed by atoms with Crippen LogP contribution < -0.4 is 0 Å². The third-order valence-electron chi connectivity index (χ3n) is 3.74. The van der Waals surface area contributed by atoms with Crippen molar-refractivity contribution in [2.75, 3.05) is 0 Å². The van der Waals surface area contributed by atoms with Gasteiger partial charge in [-0.15, -0.1) is 0 Å². The van der Waals surface area contributed by atoms with E-state index in [1.165, 1.54) is 0 Å². The number of aliphatic hydroxyl groups is 2. The third-order valence-corrected chi connectivity index (χ3v) is 3.74. The Balaban J connectivity index is -0.00000288. The fourth-order valence-electron chi connectivity index (χ4n) is 1.93. The quantitative estimate of drug-likeness (QED) is 0.267. The van der Waals surface area contributed by atoms with Crippen molar-refractivity contribution in [3.05, 3.63) is 60.8 Å². The van der Waals surface area contributed by atoms with Gasteiger partial charge in [-0.2, -0.15) is 0 Å². The molecule has 0 aromatic carbocycles. The molecule has 0 aliphatic rings. The molecule has 3 atom stereocenters. The van der Waals surface area contributed by atoms with Gasteiger partial charge in [-0.25, -0.2) is 0 Å². The van der Waals surface area contributed by atoms with Gasteiger partial charge in [0.1, 0.15) is 5.78 Å². The largest absolute Gasteiger partial charge is 0.389 e. The first kappa shape index (κ1) is 29.7. The van der Waals surface area contributed by atoms with Crippen LogP contribution in [-0.4, -0.2) is 28.2 Å². The number of hydrogen-bond acceptors (Lipinski definition) is 3. The summed E-state index contributed by atoms with van der Waals surface area (Å²) in [6.45, 7) is 5.89. The summed E-state index contributed by atoms with van der Waals surface area (Å²) in [5, 5.41) is 19.5. The van der Waals surface area contributed by atoms with Crippen molar-refractivity contribution in [2.24, 2.45) is 5.92 Å². The van der Waals surface area contributed by atoms with Gasteiger partial charge in [-0.3, -0.25) is 0 Å². The number of carbonyl (C=O) groups excluding carboxylic acids is 1. The Labute approximate surface area is 172 Å². The van der Waals surface area contributed by atoms with Crippen LogP contribution in [0.25, 0.3) is 0 Å². The van der Waals surface area contributed by atoms with Crippen molar-refractivity contribution in [2.45, 2.75) is 65.1 Å². The standard InChI is InChI=1S/C22H34O3.Re.Rf/c1-4-19(2)13-8-7-11-17-21(24)15-9-5-6-10-16-22(25)18-12-14-20(3)23;;/h5-11,13,15-16,19,21-22,24-25H,4,12,14,17-18H2,1-3H3;;/b6-5+,11-7-,13-8+,15-9+,16-10-;;/t19-,21+,22-;;/m1../s1. The van der Waals surface area contributed by atoms with Crippen LogP contribution in [0.4, 0.5) is 0 Å². The first-order chi connectivity index (χ1) is 12.0. The van der Waals surface area contributed by atoms with Crippen LogP contribution >= 0.6 is 0 Å². The number of hydrogen-bond donors (Lipinski definition) is 2. The number of aliphatic hydroxyl groups excluding tert-OH is 2. The van der Waals surface area contributed by atoms with Gasteiger partial charge in [0, 0.05) is 26.8 Å². The maximum atomic E-state index is 10.8. The van der Waals surface area contributed by atoms with Crippen molar-refractivity contribution in [1.29, 1.82) is 0 Å². The van der Waals surface area contributed by atoms with Gasteiger partial charge in [0.2, 0.25) is 0 Å². The number of allylic oxidation sites excluding steroid dienone is 7. The Hall–Kier alpha value is -2.05. The molecule has 0 heterocycles. The van der Waals surface area contributed by atoms with E-state index in [1.807, 2.05) is 30.4 Å². The van der Waals surface area contributed by atoms with Crippen molar-refractivity contribution in [3.63, 3.8) is 0 Å². The molecule has 0 rings (SSSR count). The van der Waals surface area contributed by atoms with Crippen molar-refractivity contribution < 1.29 is 35.4 Å². The van der Waals surface area contributed by atoms with Crippen LogP contribution in [0.2, 0.25) is 0 Å². The second-order valence-corrected chi connectivity index (χ2v) is 6.32. The first-order valence-corrected chi connectivity index (χ1v) is 9.16. The molecule has 0 bridgehead atoms. The second-order valence-electron chi connectivity index (χ2n) is 6.32. The van der Waals surface area contributed by atoms with Crippen LogP contribution in [0, 0.1) is 5.92 Å². The monoisotopic (exact) mass is 800 g/mol. The summed E-state index contributed by atoms with van der Waals surface area (Å²) >= 11 is 0. The minimum atomic E-state index is -0.521. The van der Waals surface area contributed by atoms with Crippen molar-refractivity contribution in [3.8, 4) is 0 Å². The van der Waals surface area contributed by atoms with E-state index in [9.17, 15) is 15.0 Å². The van der Waals surface area contributed by atoms with Crippen LogP contribution in [0.15, 0.2) is 60.8 Å². The molecule has 0 saturated carbocycles. The summed E-state index contributed by atoms with van der Waals surface area (Å²) < 4.78 is 0. The number of carbonyl (C=O) groups is 1. The molecule has 1 radical (unpaired) electrons. The second kappa shape index (κ2) is 20.3. The molecule has 3 nitrogen and oxygen atoms in total. The molecular weight excluding hydrogens is 765 g/mol. The zero-order valence-electron chi connectivity index (χ0n) is 16.9. The van der Waals surface area contributed by atoms with E-state index < -0.39 is 12.2 Å². The van der Waals surface area contributed by atoms with Gasteiger partial charge in [0.05, 0.1) is 12.2 Å². The molecule has 0 fully saturated rings. The average molecular weight is 800 g/mol. The van der Waals surface area contributed by atoms with E-state index in [4.69, 9.17) is 0 Å². The molecule has 0 saturated heterocycles. The molecule has 5 heteroatoms.